The molecule has 7 heteroatoms. The third-order valence-electron chi connectivity index (χ3n) is 3.42. The molecule has 0 radical (unpaired) electrons. The third kappa shape index (κ3) is 3.38. The smallest absolute Gasteiger partial charge is 0.207 e. The van der Waals surface area contributed by atoms with Crippen LogP contribution in [0.3, 0.4) is 0 Å². The molecule has 0 unspecified atom stereocenters. The molecule has 3 nitrogen and oxygen atoms in total. The number of thiophene rings is 1. The highest BCUT2D eigenvalue weighted by molar-refractivity contribution is 7.89. The molecule has 1 aromatic heterocycles. The van der Waals surface area contributed by atoms with Gasteiger partial charge in [-0.05, 0) is 29.1 Å². The van der Waals surface area contributed by atoms with Gasteiger partial charge in [0.25, 0.3) is 0 Å². The van der Waals surface area contributed by atoms with Crippen LogP contribution in [-0.2, 0) is 10.0 Å². The number of benzene rings is 2. The van der Waals surface area contributed by atoms with Crippen molar-refractivity contribution in [3.63, 3.8) is 0 Å². The fourth-order valence-corrected chi connectivity index (χ4v) is 4.56. The molecular weight excluding hydrogens is 352 g/mol. The maximum atomic E-state index is 13.9. The molecule has 0 amide bonds. The SMILES string of the molecule is O=S(=O)(N[C@@H](c1ccccc1)c1cccs1)c1c(F)cccc1F. The topological polar surface area (TPSA) is 46.2 Å². The molecule has 0 aliphatic rings. The summed E-state index contributed by atoms with van der Waals surface area (Å²) in [5.74, 6) is -2.25. The molecule has 1 heterocycles. The Morgan fingerprint density at radius 2 is 1.54 bits per heavy atom. The predicted octanol–water partition coefficient (Wildman–Crippen LogP) is 4.09. The Kier molecular flexibility index (Phi) is 4.75. The first-order chi connectivity index (χ1) is 11.5. The molecule has 2 aromatic carbocycles. The van der Waals surface area contributed by atoms with Gasteiger partial charge in [0.15, 0.2) is 4.90 Å². The summed E-state index contributed by atoms with van der Waals surface area (Å²) in [6, 6.07) is 14.6. The first kappa shape index (κ1) is 16.8. The minimum atomic E-state index is -4.39. The average molecular weight is 365 g/mol. The van der Waals surface area contributed by atoms with Gasteiger partial charge in [-0.1, -0.05) is 42.5 Å². The molecule has 3 rings (SSSR count). The Bertz CT molecular complexity index is 906. The standard InChI is InChI=1S/C17H13F2NO2S2/c18-13-8-4-9-14(19)17(13)24(21,22)20-16(15-10-5-11-23-15)12-6-2-1-3-7-12/h1-11,16,20H/t16-/m0/s1. The van der Waals surface area contributed by atoms with Gasteiger partial charge >= 0.3 is 0 Å². The Hall–Kier alpha value is -2.09. The first-order valence-electron chi connectivity index (χ1n) is 7.04. The summed E-state index contributed by atoms with van der Waals surface area (Å²) in [6.07, 6.45) is 0. The fraction of sp³-hybridized carbons (Fsp3) is 0.0588. The highest BCUT2D eigenvalue weighted by Crippen LogP contribution is 2.29. The summed E-state index contributed by atoms with van der Waals surface area (Å²) >= 11 is 1.36. The van der Waals surface area contributed by atoms with E-state index in [9.17, 15) is 17.2 Å². The van der Waals surface area contributed by atoms with E-state index < -0.39 is 32.6 Å². The van der Waals surface area contributed by atoms with Gasteiger partial charge in [-0.15, -0.1) is 11.3 Å². The van der Waals surface area contributed by atoms with Crippen molar-refractivity contribution in [2.24, 2.45) is 0 Å². The Morgan fingerprint density at radius 1 is 0.875 bits per heavy atom. The van der Waals surface area contributed by atoms with Crippen LogP contribution in [0.5, 0.6) is 0 Å². The summed E-state index contributed by atoms with van der Waals surface area (Å²) in [7, 11) is -4.39. The van der Waals surface area contributed by atoms with Gasteiger partial charge in [-0.3, -0.25) is 0 Å². The van der Waals surface area contributed by atoms with Crippen LogP contribution in [0.1, 0.15) is 16.5 Å². The number of hydrogen-bond acceptors (Lipinski definition) is 3. The lowest BCUT2D eigenvalue weighted by molar-refractivity contribution is 0.511. The molecule has 24 heavy (non-hydrogen) atoms. The average Bonchev–Trinajstić information content (AvgIpc) is 3.07. The summed E-state index contributed by atoms with van der Waals surface area (Å²) in [5.41, 5.74) is 0.681. The quantitative estimate of drug-likeness (QED) is 0.740. The normalized spacial score (nSPS) is 12.9. The van der Waals surface area contributed by atoms with Crippen LogP contribution in [0.25, 0.3) is 0 Å². The van der Waals surface area contributed by atoms with Crippen LogP contribution in [0, 0.1) is 11.6 Å². The van der Waals surface area contributed by atoms with E-state index in [2.05, 4.69) is 4.72 Å². The highest BCUT2D eigenvalue weighted by atomic mass is 32.2. The first-order valence-corrected chi connectivity index (χ1v) is 9.40. The van der Waals surface area contributed by atoms with E-state index >= 15 is 0 Å². The number of halogens is 2. The van der Waals surface area contributed by atoms with Crippen LogP contribution in [-0.4, -0.2) is 8.42 Å². The minimum Gasteiger partial charge on any atom is -0.207 e. The van der Waals surface area contributed by atoms with Gasteiger partial charge in [0.05, 0.1) is 6.04 Å². The van der Waals surface area contributed by atoms with Crippen molar-refractivity contribution in [3.8, 4) is 0 Å². The summed E-state index contributed by atoms with van der Waals surface area (Å²) in [6.45, 7) is 0. The van der Waals surface area contributed by atoms with Gasteiger partial charge in [0.1, 0.15) is 11.6 Å². The second-order valence-electron chi connectivity index (χ2n) is 5.03. The molecule has 124 valence electrons. The molecule has 1 atom stereocenters. The molecule has 0 bridgehead atoms. The van der Waals surface area contributed by atoms with Gasteiger partial charge in [0, 0.05) is 4.88 Å². The predicted molar refractivity (Wildman–Crippen MR) is 89.3 cm³/mol. The zero-order valence-corrected chi connectivity index (χ0v) is 14.0. The van der Waals surface area contributed by atoms with Crippen molar-refractivity contribution < 1.29 is 17.2 Å². The number of hydrogen-bond donors (Lipinski definition) is 1. The van der Waals surface area contributed by atoms with Gasteiger partial charge < -0.3 is 0 Å². The monoisotopic (exact) mass is 365 g/mol. The lowest BCUT2D eigenvalue weighted by atomic mass is 10.1. The maximum Gasteiger partial charge on any atom is 0.247 e. The zero-order chi connectivity index (χ0) is 17.2. The maximum absolute atomic E-state index is 13.9. The summed E-state index contributed by atoms with van der Waals surface area (Å²) in [4.78, 5) is -0.246. The molecule has 0 saturated carbocycles. The van der Waals surface area contributed by atoms with Crippen molar-refractivity contribution in [3.05, 3.63) is 88.1 Å². The van der Waals surface area contributed by atoms with E-state index in [0.29, 0.717) is 5.56 Å². The number of nitrogens with one attached hydrogen (secondary N) is 1. The second-order valence-corrected chi connectivity index (χ2v) is 7.66. The van der Waals surface area contributed by atoms with Crippen molar-refractivity contribution in [1.82, 2.24) is 4.72 Å². The van der Waals surface area contributed by atoms with E-state index in [-0.39, 0.29) is 0 Å². The second kappa shape index (κ2) is 6.80. The summed E-state index contributed by atoms with van der Waals surface area (Å²) in [5, 5.41) is 1.81. The van der Waals surface area contributed by atoms with E-state index in [1.807, 2.05) is 5.38 Å². The van der Waals surface area contributed by atoms with E-state index in [1.54, 1.807) is 42.5 Å². The van der Waals surface area contributed by atoms with Crippen molar-refractivity contribution in [2.45, 2.75) is 10.9 Å². The van der Waals surface area contributed by atoms with Crippen LogP contribution >= 0.6 is 11.3 Å². The van der Waals surface area contributed by atoms with Crippen LogP contribution < -0.4 is 4.72 Å². The number of sulfonamides is 1. The largest absolute Gasteiger partial charge is 0.247 e. The van der Waals surface area contributed by atoms with E-state index in [1.165, 1.54) is 11.3 Å². The Labute approximate surface area is 142 Å². The molecule has 0 spiro atoms. The molecule has 1 N–H and O–H groups in total. The fourth-order valence-electron chi connectivity index (χ4n) is 2.34. The van der Waals surface area contributed by atoms with Crippen molar-refractivity contribution in [2.75, 3.05) is 0 Å². The van der Waals surface area contributed by atoms with Gasteiger partial charge in [-0.2, -0.15) is 4.72 Å². The van der Waals surface area contributed by atoms with Gasteiger partial charge in [0.2, 0.25) is 10.0 Å². The molecule has 0 aliphatic carbocycles. The Balaban J connectivity index is 2.05. The van der Waals surface area contributed by atoms with Gasteiger partial charge in [-0.25, -0.2) is 17.2 Å². The lowest BCUT2D eigenvalue weighted by Gasteiger charge is -2.18. The van der Waals surface area contributed by atoms with Crippen molar-refractivity contribution >= 4 is 21.4 Å². The highest BCUT2D eigenvalue weighted by Gasteiger charge is 2.28. The Morgan fingerprint density at radius 3 is 2.12 bits per heavy atom. The minimum absolute atomic E-state index is 0.681. The van der Waals surface area contributed by atoms with Crippen LogP contribution in [0.4, 0.5) is 8.78 Å². The van der Waals surface area contributed by atoms with E-state index in [4.69, 9.17) is 0 Å². The zero-order valence-electron chi connectivity index (χ0n) is 12.3. The number of rotatable bonds is 5. The molecule has 0 fully saturated rings. The van der Waals surface area contributed by atoms with Crippen molar-refractivity contribution in [1.29, 1.82) is 0 Å². The van der Waals surface area contributed by atoms with E-state index in [0.717, 1.165) is 23.1 Å². The molecule has 0 saturated heterocycles. The lowest BCUT2D eigenvalue weighted by Crippen LogP contribution is -2.30. The molecule has 0 aliphatic heterocycles. The third-order valence-corrected chi connectivity index (χ3v) is 5.83. The molecular formula is C17H13F2NO2S2. The van der Waals surface area contributed by atoms with Crippen LogP contribution in [0.15, 0.2) is 70.9 Å². The molecule has 3 aromatic rings. The van der Waals surface area contributed by atoms with Crippen LogP contribution in [0.2, 0.25) is 0 Å². The summed E-state index contributed by atoms with van der Waals surface area (Å²) < 4.78 is 55.3.